The fourth-order valence-corrected chi connectivity index (χ4v) is 0. The van der Waals surface area contributed by atoms with E-state index in [4.69, 9.17) is 66.8 Å². The van der Waals surface area contributed by atoms with Crippen molar-refractivity contribution in [3.05, 3.63) is 0 Å². The molecule has 0 unspecified atom stereocenters. The molecule has 0 aromatic carbocycles. The summed E-state index contributed by atoms with van der Waals surface area (Å²) in [4.78, 5) is 42.5. The molecule has 9 nitrogen and oxygen atoms in total. The zero-order chi connectivity index (χ0) is 13.3. The Kier molecular flexibility index (Phi) is 23.2. The molecule has 0 atom stereocenters. The van der Waals surface area contributed by atoms with Crippen LogP contribution in [0.3, 0.4) is 0 Å². The predicted octanol–water partition coefficient (Wildman–Crippen LogP) is -3.96. The van der Waals surface area contributed by atoms with Gasteiger partial charge >= 0.3 is 67.0 Å². The number of halogens is 2. The van der Waals surface area contributed by atoms with Gasteiger partial charge < -0.3 is 35.9 Å². The van der Waals surface area contributed by atoms with Crippen molar-refractivity contribution in [3.8, 4) is 0 Å². The third-order valence-corrected chi connectivity index (χ3v) is 0.414. The van der Waals surface area contributed by atoms with Crippen LogP contribution in [0.25, 0.3) is 0 Å². The van der Waals surface area contributed by atoms with Gasteiger partial charge in [0.1, 0.15) is 4.84 Å². The third-order valence-electron chi connectivity index (χ3n) is 0.138. The molecule has 0 aliphatic rings. The number of alkyl halides is 2. The molecule has 0 amide bonds. The number of phosphoric acid groups is 2. The number of hydrogen-bond donors (Lipinski definition) is 7. The molecule has 16 heavy (non-hydrogen) atoms. The molecule has 0 bridgehead atoms. The van der Waals surface area contributed by atoms with Gasteiger partial charge in [0.05, 0.1) is 6.61 Å². The Morgan fingerprint density at radius 3 is 1.00 bits per heavy atom. The molecule has 0 spiro atoms. The number of aliphatic hydroxyl groups is 1. The van der Waals surface area contributed by atoms with Crippen molar-refractivity contribution < 1.29 is 96.4 Å². The molecule has 0 fully saturated rings. The van der Waals surface area contributed by atoms with Crippen molar-refractivity contribution in [1.29, 1.82) is 0 Å². The Morgan fingerprint density at radius 2 is 1.00 bits per heavy atom. The van der Waals surface area contributed by atoms with E-state index in [1.807, 2.05) is 0 Å². The predicted molar refractivity (Wildman–Crippen MR) is 52.2 cm³/mol. The van der Waals surface area contributed by atoms with Crippen LogP contribution in [0.4, 0.5) is 0 Å². The van der Waals surface area contributed by atoms with Crippen LogP contribution in [-0.2, 0) is 9.13 Å². The maximum Gasteiger partial charge on any atom is 1.00 e. The Balaban J connectivity index is -0.0000000400. The van der Waals surface area contributed by atoms with Gasteiger partial charge in [-0.3, -0.25) is 0 Å². The maximum atomic E-state index is 8.88. The quantitative estimate of drug-likeness (QED) is 0.141. The van der Waals surface area contributed by atoms with E-state index in [9.17, 15) is 0 Å². The molecule has 0 heterocycles. The van der Waals surface area contributed by atoms with E-state index in [2.05, 4.69) is 0 Å². The fourth-order valence-electron chi connectivity index (χ4n) is 0. The molecular formula is C2H11Cl2KO9P2. The van der Waals surface area contributed by atoms with Crippen LogP contribution in [-0.4, -0.2) is 45.9 Å². The molecule has 0 rings (SSSR count). The molecule has 14 heteroatoms. The molecular weight excluding hydrogens is 340 g/mol. The van der Waals surface area contributed by atoms with Gasteiger partial charge in [-0.1, -0.05) is 0 Å². The monoisotopic (exact) mass is 350 g/mol. The van der Waals surface area contributed by atoms with Crippen LogP contribution >= 0.6 is 38.8 Å². The SMILES string of the molecule is O=P(O)(O)O.O=P(O)(O)O.OCC(Cl)Cl.[H-].[K+]. The van der Waals surface area contributed by atoms with E-state index in [0.29, 0.717) is 0 Å². The van der Waals surface area contributed by atoms with Crippen molar-refractivity contribution in [2.75, 3.05) is 6.61 Å². The third kappa shape index (κ3) is 201. The standard InChI is InChI=1S/C2H4Cl2O.K.2H3O4P.H/c3-2(4)1-5;;2*1-5(2,3)4;/h2,5H,1H2;;2*(H3,1,2,3,4);/q;+1;;;-1. The Morgan fingerprint density at radius 1 is 0.938 bits per heavy atom. The average Bonchev–Trinajstić information content (AvgIpc) is 1.79. The van der Waals surface area contributed by atoms with Crippen molar-refractivity contribution in [2.45, 2.75) is 4.84 Å². The summed E-state index contributed by atoms with van der Waals surface area (Å²) in [6.07, 6.45) is 0. The zero-order valence-electron chi connectivity index (χ0n) is 8.88. The molecule has 0 saturated heterocycles. The Hall–Kier alpha value is 2.40. The second kappa shape index (κ2) is 13.8. The number of rotatable bonds is 1. The van der Waals surface area contributed by atoms with Gasteiger partial charge in [-0.2, -0.15) is 0 Å². The Labute approximate surface area is 145 Å². The normalized spacial score (nSPS) is 10.4. The number of aliphatic hydroxyl groups excluding tert-OH is 1. The van der Waals surface area contributed by atoms with Crippen LogP contribution in [0.1, 0.15) is 1.43 Å². The van der Waals surface area contributed by atoms with E-state index in [0.717, 1.165) is 0 Å². The van der Waals surface area contributed by atoms with Crippen LogP contribution < -0.4 is 51.4 Å². The van der Waals surface area contributed by atoms with E-state index < -0.39 is 20.5 Å². The molecule has 0 aliphatic heterocycles. The van der Waals surface area contributed by atoms with E-state index in [1.165, 1.54) is 0 Å². The van der Waals surface area contributed by atoms with Gasteiger partial charge in [0.15, 0.2) is 0 Å². The minimum Gasteiger partial charge on any atom is -1.00 e. The molecule has 0 aromatic rings. The molecule has 0 aliphatic carbocycles. The minimum absolute atomic E-state index is 0. The molecule has 0 saturated carbocycles. The van der Waals surface area contributed by atoms with Gasteiger partial charge in [0, 0.05) is 0 Å². The van der Waals surface area contributed by atoms with Crippen LogP contribution in [0.5, 0.6) is 0 Å². The van der Waals surface area contributed by atoms with Crippen molar-refractivity contribution in [2.24, 2.45) is 0 Å². The summed E-state index contributed by atoms with van der Waals surface area (Å²) in [6, 6.07) is 0. The summed E-state index contributed by atoms with van der Waals surface area (Å²) in [7, 11) is -9.28. The summed E-state index contributed by atoms with van der Waals surface area (Å²) < 4.78 is 17.8. The van der Waals surface area contributed by atoms with E-state index in [-0.39, 0.29) is 59.4 Å². The fraction of sp³-hybridized carbons (Fsp3) is 1.00. The summed E-state index contributed by atoms with van der Waals surface area (Å²) >= 11 is 9.96. The Bertz CT molecular complexity index is 193. The van der Waals surface area contributed by atoms with Gasteiger partial charge in [-0.05, 0) is 0 Å². The van der Waals surface area contributed by atoms with Crippen LogP contribution in [0.2, 0.25) is 0 Å². The van der Waals surface area contributed by atoms with Crippen molar-refractivity contribution in [1.82, 2.24) is 0 Å². The van der Waals surface area contributed by atoms with Crippen LogP contribution in [0.15, 0.2) is 0 Å². The smallest absolute Gasteiger partial charge is 1.00 e. The molecule has 0 radical (unpaired) electrons. The summed E-state index contributed by atoms with van der Waals surface area (Å²) in [5, 5.41) is 7.88. The first-order valence-corrected chi connectivity index (χ1v) is 6.73. The zero-order valence-corrected chi connectivity index (χ0v) is 14.3. The van der Waals surface area contributed by atoms with Gasteiger partial charge in [-0.25, -0.2) is 9.13 Å². The molecule has 0 aromatic heterocycles. The first kappa shape index (κ1) is 26.9. The molecule has 7 N–H and O–H groups in total. The van der Waals surface area contributed by atoms with E-state index in [1.54, 1.807) is 0 Å². The largest absolute Gasteiger partial charge is 1.00 e. The first-order chi connectivity index (χ1) is 6.27. The van der Waals surface area contributed by atoms with Gasteiger partial charge in [0.25, 0.3) is 0 Å². The summed E-state index contributed by atoms with van der Waals surface area (Å²) in [5.41, 5.74) is 0. The van der Waals surface area contributed by atoms with Crippen LogP contribution in [0, 0.1) is 0 Å². The van der Waals surface area contributed by atoms with Gasteiger partial charge in [0.2, 0.25) is 0 Å². The maximum absolute atomic E-state index is 8.88. The van der Waals surface area contributed by atoms with E-state index >= 15 is 0 Å². The average molecular weight is 351 g/mol. The topological polar surface area (TPSA) is 176 Å². The van der Waals surface area contributed by atoms with Crippen molar-refractivity contribution in [3.63, 3.8) is 0 Å². The van der Waals surface area contributed by atoms with Crippen molar-refractivity contribution >= 4 is 38.8 Å². The number of hydrogen-bond acceptors (Lipinski definition) is 3. The molecule has 98 valence electrons. The first-order valence-electron chi connectivity index (χ1n) is 2.73. The summed E-state index contributed by atoms with van der Waals surface area (Å²) in [6.45, 7) is -0.164. The van der Waals surface area contributed by atoms with Gasteiger partial charge in [-0.15, -0.1) is 23.2 Å². The second-order valence-corrected chi connectivity index (χ2v) is 4.93. The second-order valence-electron chi connectivity index (χ2n) is 1.60. The summed E-state index contributed by atoms with van der Waals surface area (Å²) in [5.74, 6) is 0. The minimum atomic E-state index is -4.64.